The number of carbonyl (C=O) groups excluding carboxylic acids is 1. The zero-order valence-electron chi connectivity index (χ0n) is 17.7. The molecular weight excluding hydrogens is 431 g/mol. The number of amides is 1. The molecule has 1 amide bonds. The third kappa shape index (κ3) is 6.91. The highest BCUT2D eigenvalue weighted by Gasteiger charge is 2.20. The number of hydrogen-bond acceptors (Lipinski definition) is 5. The maximum absolute atomic E-state index is 12.6. The second-order valence-corrected chi connectivity index (χ2v) is 10.2. The number of pyridine rings is 1. The Labute approximate surface area is 188 Å². The predicted octanol–water partition coefficient (Wildman–Crippen LogP) is 5.43. The largest absolute Gasteiger partial charge is 0.386 e. The summed E-state index contributed by atoms with van der Waals surface area (Å²) in [5.74, 6) is -0.132. The van der Waals surface area contributed by atoms with Crippen LogP contribution in [-0.4, -0.2) is 30.1 Å². The highest BCUT2D eigenvalue weighted by Crippen LogP contribution is 2.53. The van der Waals surface area contributed by atoms with E-state index in [0.29, 0.717) is 13.0 Å². The lowest BCUT2D eigenvalue weighted by molar-refractivity contribution is -0.120. The van der Waals surface area contributed by atoms with Gasteiger partial charge in [0.25, 0.3) is 0 Å². The van der Waals surface area contributed by atoms with Crippen LogP contribution >= 0.6 is 19.0 Å². The standard InChI is InChI=1S/C23H27N2O4PS/c1-17(2)29-30(27,31)28-14-8-13-24-22(26)15-21-23(18-9-4-3-5-10-18)20-12-7-6-11-19(20)16-25-21/h3-7,9-12,16-17H,8,13-15H2,1-2H3,(H,24,26)(H,27,31). The molecule has 1 unspecified atom stereocenters. The number of aromatic nitrogens is 1. The van der Waals surface area contributed by atoms with Crippen LogP contribution in [-0.2, 0) is 24.8 Å². The van der Waals surface area contributed by atoms with Crippen molar-refractivity contribution < 1.29 is 18.4 Å². The second-order valence-electron chi connectivity index (χ2n) is 7.37. The van der Waals surface area contributed by atoms with E-state index in [2.05, 4.69) is 22.5 Å². The Morgan fingerprint density at radius 3 is 2.58 bits per heavy atom. The topological polar surface area (TPSA) is 77.5 Å². The lowest BCUT2D eigenvalue weighted by Crippen LogP contribution is -2.27. The molecule has 1 heterocycles. The van der Waals surface area contributed by atoms with Crippen molar-refractivity contribution in [3.63, 3.8) is 0 Å². The average Bonchev–Trinajstić information content (AvgIpc) is 2.73. The molecule has 164 valence electrons. The zero-order chi connectivity index (χ0) is 22.3. The average molecular weight is 459 g/mol. The summed E-state index contributed by atoms with van der Waals surface area (Å²) in [6.45, 7) is 0.731. The number of thiol groups is 1. The summed E-state index contributed by atoms with van der Waals surface area (Å²) in [6, 6.07) is 18.0. The molecule has 0 radical (unpaired) electrons. The maximum Gasteiger partial charge on any atom is 0.386 e. The van der Waals surface area contributed by atoms with Gasteiger partial charge in [-0.25, -0.2) is 4.57 Å². The quantitative estimate of drug-likeness (QED) is 0.241. The van der Waals surface area contributed by atoms with Crippen molar-refractivity contribution in [2.75, 3.05) is 13.2 Å². The number of nitrogens with zero attached hydrogens (tertiary/aromatic N) is 1. The third-order valence-electron chi connectivity index (χ3n) is 4.51. The Kier molecular flexibility index (Phi) is 8.27. The van der Waals surface area contributed by atoms with Crippen molar-refractivity contribution in [2.45, 2.75) is 32.8 Å². The van der Waals surface area contributed by atoms with Crippen LogP contribution in [0.2, 0.25) is 0 Å². The number of rotatable bonds is 10. The van der Waals surface area contributed by atoms with Crippen molar-refractivity contribution in [2.24, 2.45) is 0 Å². The van der Waals surface area contributed by atoms with Gasteiger partial charge < -0.3 is 9.84 Å². The molecule has 0 aliphatic carbocycles. The zero-order valence-corrected chi connectivity index (χ0v) is 19.4. The number of carbonyl (C=O) groups is 1. The molecule has 0 bridgehead atoms. The van der Waals surface area contributed by atoms with Crippen LogP contribution < -0.4 is 5.32 Å². The van der Waals surface area contributed by atoms with Gasteiger partial charge in [0.05, 0.1) is 24.8 Å². The van der Waals surface area contributed by atoms with Crippen LogP contribution in [0.4, 0.5) is 0 Å². The van der Waals surface area contributed by atoms with Gasteiger partial charge in [-0.3, -0.25) is 14.3 Å². The summed E-state index contributed by atoms with van der Waals surface area (Å²) < 4.78 is 22.3. The predicted molar refractivity (Wildman–Crippen MR) is 127 cm³/mol. The third-order valence-corrected chi connectivity index (χ3v) is 6.34. The minimum absolute atomic E-state index is 0.132. The van der Waals surface area contributed by atoms with Crippen LogP contribution in [0, 0.1) is 0 Å². The molecule has 31 heavy (non-hydrogen) atoms. The van der Waals surface area contributed by atoms with Gasteiger partial charge in [-0.05, 0) is 31.2 Å². The Bertz CT molecular complexity index is 1080. The Morgan fingerprint density at radius 2 is 1.84 bits per heavy atom. The molecule has 1 aromatic heterocycles. The van der Waals surface area contributed by atoms with Gasteiger partial charge in [-0.2, -0.15) is 0 Å². The molecule has 0 saturated heterocycles. The van der Waals surface area contributed by atoms with Crippen LogP contribution in [0.3, 0.4) is 0 Å². The first-order chi connectivity index (χ1) is 14.9. The monoisotopic (exact) mass is 458 g/mol. The Hall–Kier alpha value is -2.18. The minimum atomic E-state index is -3.36. The molecular formula is C23H27N2O4PS. The molecule has 8 heteroatoms. The van der Waals surface area contributed by atoms with Gasteiger partial charge in [0.2, 0.25) is 5.91 Å². The molecule has 2 aromatic carbocycles. The first-order valence-corrected chi connectivity index (χ1v) is 12.9. The first kappa shape index (κ1) is 23.5. The Balaban J connectivity index is 1.63. The van der Waals surface area contributed by atoms with Crippen LogP contribution in [0.1, 0.15) is 26.0 Å². The number of benzene rings is 2. The van der Waals surface area contributed by atoms with Crippen molar-refractivity contribution in [3.05, 3.63) is 66.5 Å². The van der Waals surface area contributed by atoms with Crippen LogP contribution in [0.25, 0.3) is 21.9 Å². The molecule has 0 saturated carbocycles. The number of hydrogen-bond donors (Lipinski definition) is 2. The van der Waals surface area contributed by atoms with Gasteiger partial charge >= 0.3 is 6.80 Å². The molecule has 3 aromatic rings. The fourth-order valence-electron chi connectivity index (χ4n) is 3.26. The summed E-state index contributed by atoms with van der Waals surface area (Å²) in [7, 11) is 0. The summed E-state index contributed by atoms with van der Waals surface area (Å²) in [5, 5.41) is 4.97. The molecule has 3 rings (SSSR count). The second kappa shape index (κ2) is 10.9. The molecule has 1 N–H and O–H groups in total. The normalized spacial score (nSPS) is 13.3. The van der Waals surface area contributed by atoms with Crippen molar-refractivity contribution >= 4 is 35.7 Å². The fraction of sp³-hybridized carbons (Fsp3) is 0.304. The van der Waals surface area contributed by atoms with E-state index in [9.17, 15) is 9.36 Å². The SMILES string of the molecule is CC(C)OP(=O)(S)OCCCNC(=O)Cc1ncc2ccccc2c1-c1ccccc1. The van der Waals surface area contributed by atoms with E-state index in [0.717, 1.165) is 27.6 Å². The smallest absolute Gasteiger partial charge is 0.356 e. The summed E-state index contributed by atoms with van der Waals surface area (Å²) in [5.41, 5.74) is 2.72. The van der Waals surface area contributed by atoms with Crippen molar-refractivity contribution in [1.82, 2.24) is 10.3 Å². The van der Waals surface area contributed by atoms with E-state index in [1.165, 1.54) is 0 Å². The van der Waals surface area contributed by atoms with Gasteiger partial charge in [0.15, 0.2) is 0 Å². The van der Waals surface area contributed by atoms with E-state index in [1.807, 2.05) is 54.6 Å². The number of nitrogens with one attached hydrogen (secondary N) is 1. The highest BCUT2D eigenvalue weighted by atomic mass is 32.7. The van der Waals surface area contributed by atoms with Gasteiger partial charge in [-0.1, -0.05) is 66.8 Å². The Morgan fingerprint density at radius 1 is 1.13 bits per heavy atom. The summed E-state index contributed by atoms with van der Waals surface area (Å²) in [4.78, 5) is 17.1. The van der Waals surface area contributed by atoms with Gasteiger partial charge in [0.1, 0.15) is 0 Å². The molecule has 1 atom stereocenters. The van der Waals surface area contributed by atoms with Crippen molar-refractivity contribution in [1.29, 1.82) is 0 Å². The van der Waals surface area contributed by atoms with E-state index in [-0.39, 0.29) is 25.0 Å². The first-order valence-electron chi connectivity index (χ1n) is 10.2. The van der Waals surface area contributed by atoms with Crippen molar-refractivity contribution in [3.8, 4) is 11.1 Å². The lowest BCUT2D eigenvalue weighted by Gasteiger charge is -2.15. The summed E-state index contributed by atoms with van der Waals surface area (Å²) >= 11 is 3.93. The summed E-state index contributed by atoms with van der Waals surface area (Å²) in [6.07, 6.45) is 2.22. The maximum atomic E-state index is 12.6. The van der Waals surface area contributed by atoms with E-state index in [4.69, 9.17) is 9.05 Å². The van der Waals surface area contributed by atoms with E-state index in [1.54, 1.807) is 20.0 Å². The molecule has 0 fully saturated rings. The molecule has 0 spiro atoms. The van der Waals surface area contributed by atoms with Gasteiger partial charge in [-0.15, -0.1) is 0 Å². The molecule has 0 aliphatic heterocycles. The highest BCUT2D eigenvalue weighted by molar-refractivity contribution is 8.44. The number of fused-ring (bicyclic) bond motifs is 1. The molecule has 6 nitrogen and oxygen atoms in total. The fourth-order valence-corrected chi connectivity index (χ4v) is 5.02. The van der Waals surface area contributed by atoms with E-state index < -0.39 is 6.80 Å². The van der Waals surface area contributed by atoms with Gasteiger partial charge in [0, 0.05) is 23.7 Å². The van der Waals surface area contributed by atoms with Crippen LogP contribution in [0.15, 0.2) is 60.8 Å². The van der Waals surface area contributed by atoms with E-state index >= 15 is 0 Å². The minimum Gasteiger partial charge on any atom is -0.356 e. The molecule has 0 aliphatic rings. The van der Waals surface area contributed by atoms with Crippen LogP contribution in [0.5, 0.6) is 0 Å². The lowest BCUT2D eigenvalue weighted by atomic mass is 9.96.